The van der Waals surface area contributed by atoms with E-state index < -0.39 is 0 Å². The second-order valence-electron chi connectivity index (χ2n) is 5.62. The first kappa shape index (κ1) is 14.5. The Labute approximate surface area is 129 Å². The first-order valence-corrected chi connectivity index (χ1v) is 7.40. The maximum Gasteiger partial charge on any atom is 0.256 e. The zero-order chi connectivity index (χ0) is 15.5. The number of anilines is 1. The molecule has 5 heteroatoms. The largest absolute Gasteiger partial charge is 0.508 e. The minimum Gasteiger partial charge on any atom is -0.508 e. The fourth-order valence-corrected chi connectivity index (χ4v) is 2.81. The summed E-state index contributed by atoms with van der Waals surface area (Å²) in [6, 6.07) is 10.4. The van der Waals surface area contributed by atoms with Crippen molar-refractivity contribution in [3.8, 4) is 5.75 Å². The van der Waals surface area contributed by atoms with Crippen molar-refractivity contribution in [2.75, 3.05) is 18.9 Å². The summed E-state index contributed by atoms with van der Waals surface area (Å²) in [5, 5.41) is 12.0. The number of phenols is 1. The van der Waals surface area contributed by atoms with E-state index in [1.165, 1.54) is 24.1 Å². The number of hydrogen-bond donors (Lipinski definition) is 2. The minimum atomic E-state index is -0.238. The third kappa shape index (κ3) is 3.09. The molecule has 1 amide bonds. The summed E-state index contributed by atoms with van der Waals surface area (Å²) in [5.41, 5.74) is 1.67. The Bertz CT molecular complexity index is 653. The first-order chi connectivity index (χ1) is 10.6. The first-order valence-electron chi connectivity index (χ1n) is 7.40. The third-order valence-electron chi connectivity index (χ3n) is 4.06. The van der Waals surface area contributed by atoms with Crippen LogP contribution in [0.4, 0.5) is 5.82 Å². The number of aromatic nitrogens is 1. The highest BCUT2D eigenvalue weighted by Gasteiger charge is 2.22. The molecule has 0 bridgehead atoms. The van der Waals surface area contributed by atoms with Crippen LogP contribution in [0.15, 0.2) is 42.6 Å². The lowest BCUT2D eigenvalue weighted by molar-refractivity contribution is 0.102. The fourth-order valence-electron chi connectivity index (χ4n) is 2.81. The molecule has 2 N–H and O–H groups in total. The molecule has 0 spiro atoms. The molecule has 114 valence electrons. The number of rotatable bonds is 3. The molecule has 3 rings (SSSR count). The van der Waals surface area contributed by atoms with Gasteiger partial charge in [0.05, 0.1) is 0 Å². The Morgan fingerprint density at radius 2 is 2.05 bits per heavy atom. The number of phenolic OH excluding ortho intramolecular Hbond substituents is 1. The smallest absolute Gasteiger partial charge is 0.256 e. The van der Waals surface area contributed by atoms with Gasteiger partial charge in [-0.15, -0.1) is 0 Å². The number of pyridine rings is 1. The van der Waals surface area contributed by atoms with E-state index in [0.717, 1.165) is 13.0 Å². The van der Waals surface area contributed by atoms with Gasteiger partial charge in [-0.3, -0.25) is 9.69 Å². The summed E-state index contributed by atoms with van der Waals surface area (Å²) in [5.74, 6) is 0.431. The Kier molecular flexibility index (Phi) is 4.06. The molecule has 0 aliphatic carbocycles. The topological polar surface area (TPSA) is 65.5 Å². The number of hydrogen-bond acceptors (Lipinski definition) is 4. The van der Waals surface area contributed by atoms with Gasteiger partial charge in [-0.1, -0.05) is 6.07 Å². The third-order valence-corrected chi connectivity index (χ3v) is 4.06. The van der Waals surface area contributed by atoms with E-state index in [2.05, 4.69) is 22.2 Å². The molecule has 5 nitrogen and oxygen atoms in total. The number of nitrogens with zero attached hydrogens (tertiary/aromatic N) is 2. The van der Waals surface area contributed by atoms with Crippen LogP contribution in [0.1, 0.15) is 34.8 Å². The standard InChI is InChI=1S/C17H19N3O2/c1-20-10-2-3-15(20)13-6-9-16(18-11-13)19-17(22)12-4-7-14(21)8-5-12/h4-9,11,15,21H,2-3,10H2,1H3,(H,18,19,22). The summed E-state index contributed by atoms with van der Waals surface area (Å²) in [6.07, 6.45) is 4.19. The Morgan fingerprint density at radius 3 is 2.64 bits per heavy atom. The monoisotopic (exact) mass is 297 g/mol. The van der Waals surface area contributed by atoms with Crippen LogP contribution in [0.25, 0.3) is 0 Å². The van der Waals surface area contributed by atoms with Crippen LogP contribution in [-0.2, 0) is 0 Å². The molecule has 1 aromatic heterocycles. The van der Waals surface area contributed by atoms with Crippen LogP contribution in [0.5, 0.6) is 5.75 Å². The van der Waals surface area contributed by atoms with Crippen LogP contribution in [0, 0.1) is 0 Å². The summed E-state index contributed by atoms with van der Waals surface area (Å²) < 4.78 is 0. The van der Waals surface area contributed by atoms with E-state index in [4.69, 9.17) is 0 Å². The molecule has 22 heavy (non-hydrogen) atoms. The molecule has 1 saturated heterocycles. The lowest BCUT2D eigenvalue weighted by atomic mass is 10.1. The molecule has 1 aromatic carbocycles. The van der Waals surface area contributed by atoms with Gasteiger partial charge in [0.25, 0.3) is 5.91 Å². The van der Waals surface area contributed by atoms with Crippen molar-refractivity contribution in [3.63, 3.8) is 0 Å². The van der Waals surface area contributed by atoms with Crippen molar-refractivity contribution >= 4 is 11.7 Å². The van der Waals surface area contributed by atoms with Crippen molar-refractivity contribution in [2.45, 2.75) is 18.9 Å². The van der Waals surface area contributed by atoms with Gasteiger partial charge >= 0.3 is 0 Å². The van der Waals surface area contributed by atoms with E-state index >= 15 is 0 Å². The maximum absolute atomic E-state index is 12.1. The lowest BCUT2D eigenvalue weighted by Gasteiger charge is -2.19. The van der Waals surface area contributed by atoms with Crippen molar-refractivity contribution in [2.24, 2.45) is 0 Å². The number of aromatic hydroxyl groups is 1. The second-order valence-corrected chi connectivity index (χ2v) is 5.62. The van der Waals surface area contributed by atoms with Gasteiger partial charge in [0.2, 0.25) is 0 Å². The molecule has 1 unspecified atom stereocenters. The average Bonchev–Trinajstić information content (AvgIpc) is 2.95. The van der Waals surface area contributed by atoms with Crippen LogP contribution < -0.4 is 5.32 Å². The Balaban J connectivity index is 1.68. The van der Waals surface area contributed by atoms with Gasteiger partial charge in [0, 0.05) is 17.8 Å². The molecule has 0 radical (unpaired) electrons. The molecule has 1 aliphatic heterocycles. The van der Waals surface area contributed by atoms with Gasteiger partial charge in [0.15, 0.2) is 0 Å². The molecule has 1 aliphatic rings. The second kappa shape index (κ2) is 6.15. The van der Waals surface area contributed by atoms with Crippen molar-refractivity contribution in [3.05, 3.63) is 53.7 Å². The average molecular weight is 297 g/mol. The molecule has 2 aromatic rings. The summed E-state index contributed by atoms with van der Waals surface area (Å²) in [6.45, 7) is 1.12. The maximum atomic E-state index is 12.1. The highest BCUT2D eigenvalue weighted by Crippen LogP contribution is 2.30. The minimum absolute atomic E-state index is 0.139. The fraction of sp³-hybridized carbons (Fsp3) is 0.294. The van der Waals surface area contributed by atoms with Gasteiger partial charge in [-0.25, -0.2) is 4.98 Å². The number of amides is 1. The summed E-state index contributed by atoms with van der Waals surface area (Å²) in [4.78, 5) is 18.7. The predicted octanol–water partition coefficient (Wildman–Crippen LogP) is 2.81. The van der Waals surface area contributed by atoms with Crippen LogP contribution in [0.2, 0.25) is 0 Å². The Hall–Kier alpha value is -2.40. The van der Waals surface area contributed by atoms with E-state index in [1.807, 2.05) is 18.3 Å². The number of benzene rings is 1. The highest BCUT2D eigenvalue weighted by atomic mass is 16.3. The number of carbonyl (C=O) groups excluding carboxylic acids is 1. The van der Waals surface area contributed by atoms with E-state index in [9.17, 15) is 9.90 Å². The van der Waals surface area contributed by atoms with Crippen LogP contribution in [0.3, 0.4) is 0 Å². The molecular weight excluding hydrogens is 278 g/mol. The molecule has 1 fully saturated rings. The lowest BCUT2D eigenvalue weighted by Crippen LogP contribution is -2.18. The molecular formula is C17H19N3O2. The normalized spacial score (nSPS) is 18.3. The van der Waals surface area contributed by atoms with E-state index in [0.29, 0.717) is 17.4 Å². The summed E-state index contributed by atoms with van der Waals surface area (Å²) in [7, 11) is 2.12. The van der Waals surface area contributed by atoms with Crippen molar-refractivity contribution in [1.29, 1.82) is 0 Å². The zero-order valence-electron chi connectivity index (χ0n) is 12.5. The zero-order valence-corrected chi connectivity index (χ0v) is 12.5. The van der Waals surface area contributed by atoms with Gasteiger partial charge in [-0.2, -0.15) is 0 Å². The molecule has 1 atom stereocenters. The van der Waals surface area contributed by atoms with Gasteiger partial charge in [-0.05, 0) is 62.3 Å². The summed E-state index contributed by atoms with van der Waals surface area (Å²) >= 11 is 0. The predicted molar refractivity (Wildman–Crippen MR) is 84.9 cm³/mol. The van der Waals surface area contributed by atoms with Gasteiger partial charge < -0.3 is 10.4 Å². The number of carbonyl (C=O) groups is 1. The Morgan fingerprint density at radius 1 is 1.27 bits per heavy atom. The van der Waals surface area contributed by atoms with Crippen molar-refractivity contribution < 1.29 is 9.90 Å². The van der Waals surface area contributed by atoms with E-state index in [1.54, 1.807) is 12.1 Å². The van der Waals surface area contributed by atoms with E-state index in [-0.39, 0.29) is 11.7 Å². The SMILES string of the molecule is CN1CCCC1c1ccc(NC(=O)c2ccc(O)cc2)nc1. The van der Waals surface area contributed by atoms with Gasteiger partial charge in [0.1, 0.15) is 11.6 Å². The number of nitrogens with one attached hydrogen (secondary N) is 1. The van der Waals surface area contributed by atoms with Crippen molar-refractivity contribution in [1.82, 2.24) is 9.88 Å². The van der Waals surface area contributed by atoms with Crippen LogP contribution >= 0.6 is 0 Å². The highest BCUT2D eigenvalue weighted by molar-refractivity contribution is 6.03. The quantitative estimate of drug-likeness (QED) is 0.914. The number of likely N-dealkylation sites (tertiary alicyclic amines) is 1. The molecule has 0 saturated carbocycles. The molecule has 2 heterocycles. The van der Waals surface area contributed by atoms with Crippen LogP contribution in [-0.4, -0.2) is 34.5 Å².